The number of hydrogen-bond donors (Lipinski definition) is 0. The van der Waals surface area contributed by atoms with Gasteiger partial charge in [-0.15, -0.1) is 0 Å². The average Bonchev–Trinajstić information content (AvgIpc) is 2.29. The second kappa shape index (κ2) is 5.37. The summed E-state index contributed by atoms with van der Waals surface area (Å²) in [6, 6.07) is 1.66. The van der Waals surface area contributed by atoms with Crippen molar-refractivity contribution >= 4 is 23.2 Å². The number of alkyl halides is 3. The number of benzene rings is 1. The van der Waals surface area contributed by atoms with E-state index in [2.05, 4.69) is 15.0 Å². The summed E-state index contributed by atoms with van der Waals surface area (Å²) >= 11 is 11.0. The molecule has 0 aliphatic carbocycles. The van der Waals surface area contributed by atoms with Gasteiger partial charge in [0.1, 0.15) is 11.6 Å². The van der Waals surface area contributed by atoms with Crippen molar-refractivity contribution in [3.05, 3.63) is 40.1 Å². The zero-order valence-corrected chi connectivity index (χ0v) is 10.8. The molecule has 0 bridgehead atoms. The number of nitrogens with zero attached hydrogens (tertiary/aromatic N) is 3. The number of ether oxygens (including phenoxy) is 1. The highest BCUT2D eigenvalue weighted by atomic mass is 35.5. The third kappa shape index (κ3) is 3.45. The van der Waals surface area contributed by atoms with Gasteiger partial charge in [-0.1, -0.05) is 0 Å². The van der Waals surface area contributed by atoms with E-state index < -0.39 is 23.6 Å². The van der Waals surface area contributed by atoms with Crippen LogP contribution >= 0.6 is 23.2 Å². The summed E-state index contributed by atoms with van der Waals surface area (Å²) in [4.78, 5) is 10.4. The summed E-state index contributed by atoms with van der Waals surface area (Å²) in [6.45, 7) is 0. The van der Waals surface area contributed by atoms with Crippen molar-refractivity contribution in [2.75, 3.05) is 0 Å². The predicted molar refractivity (Wildman–Crippen MR) is 61.3 cm³/mol. The van der Waals surface area contributed by atoms with Crippen molar-refractivity contribution in [2.45, 2.75) is 6.18 Å². The van der Waals surface area contributed by atoms with Gasteiger partial charge < -0.3 is 4.74 Å². The van der Waals surface area contributed by atoms with Gasteiger partial charge in [-0.25, -0.2) is 4.39 Å². The molecular weight excluding hydrogens is 325 g/mol. The van der Waals surface area contributed by atoms with E-state index in [1.807, 2.05) is 0 Å². The largest absolute Gasteiger partial charge is 0.424 e. The van der Waals surface area contributed by atoms with E-state index in [0.29, 0.717) is 12.1 Å². The lowest BCUT2D eigenvalue weighted by Crippen LogP contribution is -2.08. The molecule has 1 heterocycles. The van der Waals surface area contributed by atoms with Crippen LogP contribution in [0.5, 0.6) is 11.8 Å². The van der Waals surface area contributed by atoms with E-state index in [9.17, 15) is 17.6 Å². The Balaban J connectivity index is 2.35. The van der Waals surface area contributed by atoms with Crippen molar-refractivity contribution in [1.29, 1.82) is 0 Å². The molecule has 106 valence electrons. The molecule has 0 atom stereocenters. The highest BCUT2D eigenvalue weighted by Crippen LogP contribution is 2.34. The van der Waals surface area contributed by atoms with Crippen molar-refractivity contribution < 1.29 is 22.3 Å². The molecule has 1 aromatic heterocycles. The molecule has 0 aliphatic heterocycles. The minimum Gasteiger partial charge on any atom is -0.424 e. The smallest absolute Gasteiger partial charge is 0.419 e. The Hall–Kier alpha value is -1.67. The number of hydrogen-bond acceptors (Lipinski definition) is 4. The molecule has 2 aromatic rings. The van der Waals surface area contributed by atoms with Crippen LogP contribution in [0.3, 0.4) is 0 Å². The van der Waals surface area contributed by atoms with Gasteiger partial charge in [-0.2, -0.15) is 28.1 Å². The summed E-state index contributed by atoms with van der Waals surface area (Å²) in [7, 11) is 0. The van der Waals surface area contributed by atoms with Crippen molar-refractivity contribution in [2.24, 2.45) is 0 Å². The Bertz CT molecular complexity index is 631. The maximum absolute atomic E-state index is 13.1. The molecule has 1 aromatic carbocycles. The molecule has 0 fully saturated rings. The van der Waals surface area contributed by atoms with Crippen molar-refractivity contribution in [3.63, 3.8) is 0 Å². The SMILES string of the molecule is Fc1ccc(Oc2nc(Cl)nc(Cl)n2)cc1C(F)(F)F. The summed E-state index contributed by atoms with van der Waals surface area (Å²) in [5.74, 6) is -1.74. The Morgan fingerprint density at radius 2 is 1.60 bits per heavy atom. The molecule has 0 N–H and O–H groups in total. The summed E-state index contributed by atoms with van der Waals surface area (Å²) in [6.07, 6.45) is -4.85. The van der Waals surface area contributed by atoms with Gasteiger partial charge in [0.2, 0.25) is 10.6 Å². The standard InChI is InChI=1S/C10H3Cl2F4N3O/c11-7-17-8(12)19-9(18-7)20-4-1-2-6(13)5(3-4)10(14,15)16/h1-3H. The fourth-order valence-corrected chi connectivity index (χ4v) is 1.59. The molecule has 0 saturated heterocycles. The van der Waals surface area contributed by atoms with Gasteiger partial charge in [0, 0.05) is 0 Å². The molecule has 0 unspecified atom stereocenters. The van der Waals surface area contributed by atoms with E-state index in [-0.39, 0.29) is 16.3 Å². The lowest BCUT2D eigenvalue weighted by atomic mass is 10.2. The molecule has 20 heavy (non-hydrogen) atoms. The Morgan fingerprint density at radius 1 is 1.00 bits per heavy atom. The minimum absolute atomic E-state index is 0.293. The second-order valence-electron chi connectivity index (χ2n) is 3.40. The molecule has 4 nitrogen and oxygen atoms in total. The van der Waals surface area contributed by atoms with Crippen LogP contribution in [0.1, 0.15) is 5.56 Å². The van der Waals surface area contributed by atoms with Crippen molar-refractivity contribution in [3.8, 4) is 11.8 Å². The quantitative estimate of drug-likeness (QED) is 0.778. The first kappa shape index (κ1) is 14.7. The molecule has 0 amide bonds. The predicted octanol–water partition coefficient (Wildman–Crippen LogP) is 4.13. The Morgan fingerprint density at radius 3 is 2.15 bits per heavy atom. The zero-order valence-electron chi connectivity index (χ0n) is 9.25. The van der Waals surface area contributed by atoms with Crippen LogP contribution in [0.15, 0.2) is 18.2 Å². The van der Waals surface area contributed by atoms with Gasteiger partial charge in [0.15, 0.2) is 0 Å². The molecule has 0 radical (unpaired) electrons. The fourth-order valence-electron chi connectivity index (χ4n) is 1.25. The third-order valence-electron chi connectivity index (χ3n) is 2.01. The van der Waals surface area contributed by atoms with E-state index in [0.717, 1.165) is 6.07 Å². The minimum atomic E-state index is -4.85. The first-order valence-electron chi connectivity index (χ1n) is 4.87. The first-order chi connectivity index (χ1) is 9.25. The van der Waals surface area contributed by atoms with E-state index in [1.54, 1.807) is 0 Å². The normalized spacial score (nSPS) is 11.5. The zero-order chi connectivity index (χ0) is 14.9. The summed E-state index contributed by atoms with van der Waals surface area (Å²) in [5.41, 5.74) is -1.47. The van der Waals surface area contributed by atoms with Crippen LogP contribution in [0.25, 0.3) is 0 Å². The van der Waals surface area contributed by atoms with Crippen LogP contribution in [0, 0.1) is 5.82 Å². The van der Waals surface area contributed by atoms with Gasteiger partial charge in [0.05, 0.1) is 5.56 Å². The lowest BCUT2D eigenvalue weighted by Gasteiger charge is -2.10. The topological polar surface area (TPSA) is 47.9 Å². The maximum Gasteiger partial charge on any atom is 0.419 e. The number of aromatic nitrogens is 3. The Labute approximate surface area is 119 Å². The van der Waals surface area contributed by atoms with Gasteiger partial charge in [-0.3, -0.25) is 0 Å². The molecule has 0 spiro atoms. The molecular formula is C10H3Cl2F4N3O. The van der Waals surface area contributed by atoms with Gasteiger partial charge in [-0.05, 0) is 41.4 Å². The monoisotopic (exact) mass is 327 g/mol. The van der Waals surface area contributed by atoms with Crippen molar-refractivity contribution in [1.82, 2.24) is 15.0 Å². The van der Waals surface area contributed by atoms with Gasteiger partial charge >= 0.3 is 12.2 Å². The summed E-state index contributed by atoms with van der Waals surface area (Å²) < 4.78 is 55.6. The van der Waals surface area contributed by atoms with Crippen LogP contribution in [0.4, 0.5) is 17.6 Å². The first-order valence-corrected chi connectivity index (χ1v) is 5.63. The Kier molecular flexibility index (Phi) is 3.96. The molecule has 10 heteroatoms. The average molecular weight is 328 g/mol. The number of rotatable bonds is 2. The van der Waals surface area contributed by atoms with E-state index in [4.69, 9.17) is 27.9 Å². The van der Waals surface area contributed by atoms with Crippen LogP contribution in [-0.2, 0) is 6.18 Å². The molecule has 0 saturated carbocycles. The maximum atomic E-state index is 13.1. The third-order valence-corrected chi connectivity index (χ3v) is 2.35. The van der Waals surface area contributed by atoms with E-state index >= 15 is 0 Å². The highest BCUT2D eigenvalue weighted by molar-refractivity contribution is 6.31. The fraction of sp³-hybridized carbons (Fsp3) is 0.100. The van der Waals surface area contributed by atoms with Crippen LogP contribution in [0.2, 0.25) is 10.6 Å². The highest BCUT2D eigenvalue weighted by Gasteiger charge is 2.34. The lowest BCUT2D eigenvalue weighted by molar-refractivity contribution is -0.140. The number of halogens is 6. The molecule has 2 rings (SSSR count). The molecule has 0 aliphatic rings. The summed E-state index contributed by atoms with van der Waals surface area (Å²) in [5, 5.41) is -0.587. The van der Waals surface area contributed by atoms with Gasteiger partial charge in [0.25, 0.3) is 0 Å². The van der Waals surface area contributed by atoms with Crippen LogP contribution < -0.4 is 4.74 Å². The second-order valence-corrected chi connectivity index (χ2v) is 4.07. The van der Waals surface area contributed by atoms with E-state index in [1.165, 1.54) is 0 Å². The van der Waals surface area contributed by atoms with Crippen LogP contribution in [-0.4, -0.2) is 15.0 Å².